The van der Waals surface area contributed by atoms with E-state index in [9.17, 15) is 36.4 Å². The van der Waals surface area contributed by atoms with Crippen molar-refractivity contribution in [1.82, 2.24) is 30.2 Å². The van der Waals surface area contributed by atoms with Crippen molar-refractivity contribution in [2.24, 2.45) is 17.8 Å². The van der Waals surface area contributed by atoms with Gasteiger partial charge in [-0.2, -0.15) is 0 Å². The van der Waals surface area contributed by atoms with E-state index < -0.39 is 87.5 Å². The summed E-state index contributed by atoms with van der Waals surface area (Å²) in [6.45, 7) is 2.51. The van der Waals surface area contributed by atoms with Crippen molar-refractivity contribution in [3.05, 3.63) is 36.0 Å². The topological polar surface area (TPSA) is 195 Å². The fourth-order valence-electron chi connectivity index (χ4n) is 8.37. The van der Waals surface area contributed by atoms with Gasteiger partial charge in [-0.15, -0.1) is 0 Å². The molecule has 2 aliphatic heterocycles. The Hall–Kier alpha value is -4.61. The number of allylic oxidation sites excluding steroid dienone is 1. The minimum atomic E-state index is -4.23. The number of amides is 4. The number of aryl methyl sites for hydroxylation is 1. The number of nitrogens with one attached hydrogen (secondary N) is 3. The first-order valence-electron chi connectivity index (χ1n) is 19.8. The van der Waals surface area contributed by atoms with Crippen LogP contribution in [0.4, 0.5) is 13.6 Å². The van der Waals surface area contributed by atoms with Crippen LogP contribution in [0.15, 0.2) is 30.4 Å². The zero-order valence-electron chi connectivity index (χ0n) is 32.3. The monoisotopic (exact) mass is 816 g/mol. The number of hydrogen-bond donors (Lipinski definition) is 3. The molecule has 7 atom stereocenters. The highest BCUT2D eigenvalue weighted by Crippen LogP contribution is 2.49. The molecule has 1 aromatic carbocycles. The molecule has 0 spiro atoms. The number of benzene rings is 1. The molecule has 2 saturated carbocycles. The number of alkyl carbamates (subject to hydrolysis) is 1. The number of fused-ring (bicyclic) bond motifs is 5. The normalized spacial score (nSPS) is 30.1. The number of hydrogen-bond acceptors (Lipinski definition) is 11. The molecular formula is C39H50F2N6O9S. The van der Waals surface area contributed by atoms with Crippen LogP contribution in [-0.4, -0.2) is 102 Å². The Morgan fingerprint density at radius 1 is 1.09 bits per heavy atom. The van der Waals surface area contributed by atoms with Crippen molar-refractivity contribution in [3.63, 3.8) is 0 Å². The lowest BCUT2D eigenvalue weighted by Crippen LogP contribution is -2.59. The maximum Gasteiger partial charge on any atom is 0.407 e. The number of ether oxygens (including phenoxy) is 3. The van der Waals surface area contributed by atoms with Crippen molar-refractivity contribution in [2.45, 2.75) is 119 Å². The molecule has 4 amide bonds. The van der Waals surface area contributed by atoms with Gasteiger partial charge < -0.3 is 29.7 Å². The molecule has 2 bridgehead atoms. The zero-order chi connectivity index (χ0) is 40.7. The predicted octanol–water partition coefficient (Wildman–Crippen LogP) is 3.94. The predicted molar refractivity (Wildman–Crippen MR) is 202 cm³/mol. The van der Waals surface area contributed by atoms with E-state index in [0.717, 1.165) is 32.1 Å². The first-order valence-corrected chi connectivity index (χ1v) is 21.3. The van der Waals surface area contributed by atoms with Gasteiger partial charge in [0, 0.05) is 17.9 Å². The average Bonchev–Trinajstić information content (AvgIpc) is 4.08. The quantitative estimate of drug-likeness (QED) is 0.327. The Kier molecular flexibility index (Phi) is 11.4. The van der Waals surface area contributed by atoms with Crippen LogP contribution in [0.25, 0.3) is 11.0 Å². The van der Waals surface area contributed by atoms with E-state index in [4.69, 9.17) is 24.2 Å². The summed E-state index contributed by atoms with van der Waals surface area (Å²) in [5.41, 5.74) is -0.532. The smallest absolute Gasteiger partial charge is 0.407 e. The molecule has 3 N–H and O–H groups in total. The molecule has 310 valence electrons. The van der Waals surface area contributed by atoms with Crippen LogP contribution in [0, 0.1) is 17.8 Å². The first-order chi connectivity index (χ1) is 27.2. The van der Waals surface area contributed by atoms with Crippen LogP contribution < -0.4 is 24.8 Å². The second kappa shape index (κ2) is 16.0. The molecule has 15 nitrogen and oxygen atoms in total. The van der Waals surface area contributed by atoms with E-state index in [1.54, 1.807) is 25.1 Å². The third-order valence-corrected chi connectivity index (χ3v) is 14.5. The lowest BCUT2D eigenvalue weighted by Gasteiger charge is -2.30. The molecular weight excluding hydrogens is 767 g/mol. The lowest BCUT2D eigenvalue weighted by molar-refractivity contribution is -0.140. The van der Waals surface area contributed by atoms with Crippen LogP contribution in [0.2, 0.25) is 0 Å². The number of alkyl halides is 2. The maximum absolute atomic E-state index is 14.4. The number of halogens is 2. The van der Waals surface area contributed by atoms with Crippen LogP contribution in [0.3, 0.4) is 0 Å². The number of nitrogens with zero attached hydrogens (tertiary/aromatic N) is 3. The highest BCUT2D eigenvalue weighted by Gasteiger charge is 2.67. The van der Waals surface area contributed by atoms with Gasteiger partial charge in [-0.1, -0.05) is 31.9 Å². The highest BCUT2D eigenvalue weighted by atomic mass is 32.2. The average molecular weight is 817 g/mol. The number of methoxy groups -OCH3 is 1. The van der Waals surface area contributed by atoms with Crippen LogP contribution in [0.5, 0.6) is 11.6 Å². The summed E-state index contributed by atoms with van der Waals surface area (Å²) in [6.07, 6.45) is 4.53. The Labute approximate surface area is 330 Å². The van der Waals surface area contributed by atoms with E-state index in [-0.39, 0.29) is 30.9 Å². The summed E-state index contributed by atoms with van der Waals surface area (Å²) in [5, 5.41) is 5.00. The molecule has 18 heteroatoms. The van der Waals surface area contributed by atoms with E-state index >= 15 is 0 Å². The summed E-state index contributed by atoms with van der Waals surface area (Å²) in [6, 6.07) is 3.94. The Morgan fingerprint density at radius 3 is 2.58 bits per heavy atom. The van der Waals surface area contributed by atoms with Gasteiger partial charge in [0.2, 0.25) is 34.1 Å². The standard InChI is InChI=1S/C39H50F2N6O9S/c1-4-24-30-21-47(32(24)34(49)45-39(19-25(39)33(40)41)36(50)46-57(52,53)38(2)16-17-38)31(48)20-42-37(51)56-29-13-9-8-11-22(29)10-6-5-7-12-27-35(55-30)44-28-18-23(54-3)14-15-26(28)43-27/h8,11,14-15,18,22,24-25,29-30,32-33H,4-7,9-10,12-13,16-17,19-21H2,1-3H3,(H,42,51)(H,45,49)(H,46,50)/t22-,24-,25+,29-,30+,32+,39-/m1/s1. The molecule has 3 heterocycles. The molecule has 2 aromatic rings. The van der Waals surface area contributed by atoms with Crippen LogP contribution >= 0.6 is 0 Å². The van der Waals surface area contributed by atoms with Gasteiger partial charge >= 0.3 is 6.09 Å². The molecule has 3 fully saturated rings. The zero-order valence-corrected chi connectivity index (χ0v) is 33.1. The fourth-order valence-corrected chi connectivity index (χ4v) is 9.68. The molecule has 3 aliphatic carbocycles. The molecule has 57 heavy (non-hydrogen) atoms. The Bertz CT molecular complexity index is 2050. The van der Waals surface area contributed by atoms with Crippen LogP contribution in [0.1, 0.15) is 83.7 Å². The molecule has 1 aromatic heterocycles. The third-order valence-electron chi connectivity index (χ3n) is 12.3. The summed E-state index contributed by atoms with van der Waals surface area (Å²) < 4.78 is 73.0. The molecule has 1 saturated heterocycles. The van der Waals surface area contributed by atoms with Crippen molar-refractivity contribution in [3.8, 4) is 11.6 Å². The Balaban J connectivity index is 1.22. The van der Waals surface area contributed by atoms with Crippen molar-refractivity contribution in [1.29, 1.82) is 0 Å². The third kappa shape index (κ3) is 8.23. The van der Waals surface area contributed by atoms with Gasteiger partial charge in [0.15, 0.2) is 0 Å². The second-order valence-electron chi connectivity index (χ2n) is 16.1. The van der Waals surface area contributed by atoms with E-state index in [2.05, 4.69) is 22.8 Å². The minimum Gasteiger partial charge on any atom is -0.497 e. The molecule has 5 aliphatic rings. The van der Waals surface area contributed by atoms with E-state index in [0.29, 0.717) is 48.2 Å². The minimum absolute atomic E-state index is 0.00252. The fraction of sp³-hybridized carbons (Fsp3) is 0.641. The van der Waals surface area contributed by atoms with Gasteiger partial charge in [0.05, 0.1) is 35.4 Å². The van der Waals surface area contributed by atoms with Crippen molar-refractivity contribution < 1.29 is 50.6 Å². The summed E-state index contributed by atoms with van der Waals surface area (Å²) >= 11 is 0. The van der Waals surface area contributed by atoms with Crippen molar-refractivity contribution in [2.75, 3.05) is 20.2 Å². The van der Waals surface area contributed by atoms with Gasteiger partial charge in [0.1, 0.15) is 41.8 Å². The lowest BCUT2D eigenvalue weighted by atomic mass is 9.88. The van der Waals surface area contributed by atoms with Crippen LogP contribution in [-0.2, 0) is 35.6 Å². The number of aromatic nitrogens is 2. The number of sulfonamides is 1. The number of carbonyl (C=O) groups is 4. The summed E-state index contributed by atoms with van der Waals surface area (Å²) in [7, 11) is -2.70. The number of rotatable bonds is 8. The van der Waals surface area contributed by atoms with E-state index in [1.807, 2.05) is 4.72 Å². The summed E-state index contributed by atoms with van der Waals surface area (Å²) in [4.78, 5) is 66.0. The summed E-state index contributed by atoms with van der Waals surface area (Å²) in [5.74, 6) is -4.53. The van der Waals surface area contributed by atoms with Gasteiger partial charge in [-0.3, -0.25) is 19.1 Å². The van der Waals surface area contributed by atoms with Gasteiger partial charge in [-0.25, -0.2) is 32.0 Å². The van der Waals surface area contributed by atoms with Gasteiger partial charge in [0.25, 0.3) is 5.91 Å². The first kappa shape index (κ1) is 40.6. The van der Waals surface area contributed by atoms with Gasteiger partial charge in [-0.05, 0) is 76.8 Å². The number of carbonyl (C=O) groups excluding carboxylic acids is 4. The van der Waals surface area contributed by atoms with Crippen molar-refractivity contribution >= 4 is 44.9 Å². The largest absolute Gasteiger partial charge is 0.497 e. The molecule has 0 radical (unpaired) electrons. The maximum atomic E-state index is 14.4. The molecule has 7 rings (SSSR count). The highest BCUT2D eigenvalue weighted by molar-refractivity contribution is 7.91. The molecule has 0 unspecified atom stereocenters. The second-order valence-corrected chi connectivity index (χ2v) is 18.3. The Morgan fingerprint density at radius 2 is 1.88 bits per heavy atom. The SMILES string of the molecule is CC[C@@H]1[C@@H]2CN(C(=O)CNC(=O)O[C@@H]3CCC=C[C@H]3CCCCCc3nc4ccc(OC)cc4nc3O2)[C@@H]1C(=O)N[C@]1(C(=O)NS(=O)(=O)C2(C)CC2)C[C@H]1C(F)F. The van der Waals surface area contributed by atoms with E-state index in [1.165, 1.54) is 18.9 Å².